The first kappa shape index (κ1) is 19.5. The van der Waals surface area contributed by atoms with Crippen LogP contribution in [-0.4, -0.2) is 50.4 Å². The molecule has 0 aromatic carbocycles. The molecule has 2 bridgehead atoms. The lowest BCUT2D eigenvalue weighted by Crippen LogP contribution is -2.48. The highest BCUT2D eigenvalue weighted by atomic mass is 16.1. The topological polar surface area (TPSA) is 59.2 Å². The molecule has 0 amide bonds. The zero-order chi connectivity index (χ0) is 21.2. The number of aromatic nitrogens is 4. The fourth-order valence-corrected chi connectivity index (χ4v) is 6.99. The second-order valence-corrected chi connectivity index (χ2v) is 10.7. The molecule has 2 saturated heterocycles. The van der Waals surface area contributed by atoms with Gasteiger partial charge in [-0.1, -0.05) is 18.9 Å². The Balaban J connectivity index is 1.22. The van der Waals surface area contributed by atoms with Crippen molar-refractivity contribution in [3.05, 3.63) is 39.6 Å². The average Bonchev–Trinajstić information content (AvgIpc) is 3.46. The standard InChI is InChI=1S/C24H34N6O/c1-17-25-23(27(2)26-17)29-12-18-11-20(15-29)21-6-5-19(22(31)30(21)13-18)14-28-10-9-24(16-28)7-3-4-8-24/h5-6,18,20H,3-4,7-16H2,1-2H3/t18-,20+/m0/s1. The summed E-state index contributed by atoms with van der Waals surface area (Å²) in [6.07, 6.45) is 8.04. The van der Waals surface area contributed by atoms with Crippen molar-refractivity contribution in [1.82, 2.24) is 24.2 Å². The summed E-state index contributed by atoms with van der Waals surface area (Å²) in [5.74, 6) is 2.65. The number of rotatable bonds is 3. The van der Waals surface area contributed by atoms with Gasteiger partial charge < -0.3 is 9.47 Å². The van der Waals surface area contributed by atoms with Crippen LogP contribution in [0.4, 0.5) is 5.95 Å². The van der Waals surface area contributed by atoms with Crippen LogP contribution in [0.2, 0.25) is 0 Å². The summed E-state index contributed by atoms with van der Waals surface area (Å²) >= 11 is 0. The first-order valence-corrected chi connectivity index (χ1v) is 12.1. The van der Waals surface area contributed by atoms with Crippen molar-refractivity contribution in [3.63, 3.8) is 0 Å². The molecule has 5 heterocycles. The molecule has 1 saturated carbocycles. The minimum absolute atomic E-state index is 0.252. The Morgan fingerprint density at radius 3 is 2.74 bits per heavy atom. The van der Waals surface area contributed by atoms with Crippen molar-refractivity contribution in [2.24, 2.45) is 18.4 Å². The van der Waals surface area contributed by atoms with Crippen molar-refractivity contribution in [2.45, 2.75) is 64.5 Å². The van der Waals surface area contributed by atoms with E-state index >= 15 is 0 Å². The number of nitrogens with zero attached hydrogens (tertiary/aromatic N) is 6. The molecule has 2 atom stereocenters. The molecule has 1 spiro atoms. The third-order valence-electron chi connectivity index (χ3n) is 8.39. The van der Waals surface area contributed by atoms with Gasteiger partial charge in [0.05, 0.1) is 0 Å². The lowest BCUT2D eigenvalue weighted by atomic mass is 9.83. The van der Waals surface area contributed by atoms with Crippen LogP contribution in [0.15, 0.2) is 16.9 Å². The molecule has 3 aliphatic heterocycles. The van der Waals surface area contributed by atoms with Crippen molar-refractivity contribution in [2.75, 3.05) is 31.1 Å². The van der Waals surface area contributed by atoms with E-state index < -0.39 is 0 Å². The van der Waals surface area contributed by atoms with Crippen LogP contribution in [0.25, 0.3) is 0 Å². The van der Waals surface area contributed by atoms with Gasteiger partial charge in [0.25, 0.3) is 5.56 Å². The van der Waals surface area contributed by atoms with Crippen LogP contribution in [0.1, 0.15) is 61.5 Å². The highest BCUT2D eigenvalue weighted by molar-refractivity contribution is 5.35. The van der Waals surface area contributed by atoms with Crippen molar-refractivity contribution in [1.29, 1.82) is 0 Å². The van der Waals surface area contributed by atoms with Crippen LogP contribution < -0.4 is 10.5 Å². The maximum atomic E-state index is 13.5. The molecule has 2 aromatic rings. The fraction of sp³-hybridized carbons (Fsp3) is 0.708. The van der Waals surface area contributed by atoms with Crippen molar-refractivity contribution >= 4 is 5.95 Å². The SMILES string of the molecule is Cc1nc(N2C[C@@H]3C[C@H](C2)c2ccc(CN4CCC5(CCCC5)C4)c(=O)n2C3)n(C)n1. The van der Waals surface area contributed by atoms with Gasteiger partial charge in [0.1, 0.15) is 5.82 Å². The minimum Gasteiger partial charge on any atom is -0.340 e. The molecule has 6 rings (SSSR count). The van der Waals surface area contributed by atoms with Gasteiger partial charge in [0.2, 0.25) is 5.95 Å². The van der Waals surface area contributed by atoms with Crippen LogP contribution in [0, 0.1) is 18.3 Å². The summed E-state index contributed by atoms with van der Waals surface area (Å²) in [6, 6.07) is 4.37. The number of piperidine rings is 1. The van der Waals surface area contributed by atoms with Gasteiger partial charge in [-0.05, 0) is 56.6 Å². The van der Waals surface area contributed by atoms with Gasteiger partial charge in [0, 0.05) is 56.9 Å². The molecule has 3 fully saturated rings. The Hall–Kier alpha value is -2.15. The number of aryl methyl sites for hydroxylation is 2. The second-order valence-electron chi connectivity index (χ2n) is 10.7. The predicted molar refractivity (Wildman–Crippen MR) is 120 cm³/mol. The normalized spacial score (nSPS) is 27.2. The average molecular weight is 423 g/mol. The van der Waals surface area contributed by atoms with Crippen LogP contribution in [0.5, 0.6) is 0 Å². The highest BCUT2D eigenvalue weighted by Gasteiger charge is 2.40. The smallest absolute Gasteiger partial charge is 0.255 e. The van der Waals surface area contributed by atoms with E-state index in [1.807, 2.05) is 18.7 Å². The molecule has 0 N–H and O–H groups in total. The molecule has 7 nitrogen and oxygen atoms in total. The van der Waals surface area contributed by atoms with E-state index in [-0.39, 0.29) is 5.56 Å². The maximum absolute atomic E-state index is 13.5. The molecule has 31 heavy (non-hydrogen) atoms. The van der Waals surface area contributed by atoms with E-state index in [0.717, 1.165) is 50.1 Å². The second kappa shape index (κ2) is 7.19. The lowest BCUT2D eigenvalue weighted by molar-refractivity contribution is 0.252. The minimum atomic E-state index is 0.252. The van der Waals surface area contributed by atoms with E-state index in [1.165, 1.54) is 50.8 Å². The lowest BCUT2D eigenvalue weighted by Gasteiger charge is -2.43. The molecule has 7 heteroatoms. The summed E-state index contributed by atoms with van der Waals surface area (Å²) in [6.45, 7) is 7.79. The van der Waals surface area contributed by atoms with Gasteiger partial charge in [-0.25, -0.2) is 4.68 Å². The van der Waals surface area contributed by atoms with Crippen LogP contribution >= 0.6 is 0 Å². The maximum Gasteiger partial charge on any atom is 0.255 e. The molecule has 0 unspecified atom stereocenters. The van der Waals surface area contributed by atoms with Crippen LogP contribution in [0.3, 0.4) is 0 Å². The molecule has 2 aromatic heterocycles. The molecule has 1 aliphatic carbocycles. The first-order valence-electron chi connectivity index (χ1n) is 12.1. The molecule has 0 radical (unpaired) electrons. The van der Waals surface area contributed by atoms with Gasteiger partial charge in [-0.3, -0.25) is 9.69 Å². The third kappa shape index (κ3) is 3.32. The van der Waals surface area contributed by atoms with Gasteiger partial charge in [-0.2, -0.15) is 10.1 Å². The van der Waals surface area contributed by atoms with E-state index in [9.17, 15) is 4.79 Å². The monoisotopic (exact) mass is 422 g/mol. The predicted octanol–water partition coefficient (Wildman–Crippen LogP) is 2.68. The molecule has 166 valence electrons. The van der Waals surface area contributed by atoms with Crippen LogP contribution in [-0.2, 0) is 20.1 Å². The number of pyridine rings is 1. The van der Waals surface area contributed by atoms with Gasteiger partial charge in [-0.15, -0.1) is 0 Å². The third-order valence-corrected chi connectivity index (χ3v) is 8.39. The molecule has 4 aliphatic rings. The Kier molecular flexibility index (Phi) is 4.53. The quantitative estimate of drug-likeness (QED) is 0.761. The summed E-state index contributed by atoms with van der Waals surface area (Å²) in [5.41, 5.74) is 3.01. The zero-order valence-electron chi connectivity index (χ0n) is 18.9. The van der Waals surface area contributed by atoms with Crippen molar-refractivity contribution in [3.8, 4) is 0 Å². The number of anilines is 1. The highest BCUT2D eigenvalue weighted by Crippen LogP contribution is 2.45. The number of fused-ring (bicyclic) bond motifs is 4. The summed E-state index contributed by atoms with van der Waals surface area (Å²) in [4.78, 5) is 23.0. The Morgan fingerprint density at radius 2 is 1.97 bits per heavy atom. The van der Waals surface area contributed by atoms with E-state index in [1.54, 1.807) is 0 Å². The van der Waals surface area contributed by atoms with E-state index in [2.05, 4.69) is 36.6 Å². The number of hydrogen-bond acceptors (Lipinski definition) is 5. The largest absolute Gasteiger partial charge is 0.340 e. The summed E-state index contributed by atoms with van der Waals surface area (Å²) < 4.78 is 3.99. The molecular weight excluding hydrogens is 388 g/mol. The first-order chi connectivity index (χ1) is 15.0. The van der Waals surface area contributed by atoms with Gasteiger partial charge >= 0.3 is 0 Å². The van der Waals surface area contributed by atoms with E-state index in [4.69, 9.17) is 0 Å². The van der Waals surface area contributed by atoms with E-state index in [0.29, 0.717) is 17.3 Å². The zero-order valence-corrected chi connectivity index (χ0v) is 18.9. The fourth-order valence-electron chi connectivity index (χ4n) is 6.99. The Bertz CT molecular complexity index is 1050. The number of likely N-dealkylation sites (tertiary alicyclic amines) is 1. The Morgan fingerprint density at radius 1 is 1.13 bits per heavy atom. The number of hydrogen-bond donors (Lipinski definition) is 0. The molecular formula is C24H34N6O. The summed E-state index contributed by atoms with van der Waals surface area (Å²) in [7, 11) is 1.97. The van der Waals surface area contributed by atoms with Gasteiger partial charge in [0.15, 0.2) is 0 Å². The summed E-state index contributed by atoms with van der Waals surface area (Å²) in [5, 5.41) is 4.43. The van der Waals surface area contributed by atoms with Crippen molar-refractivity contribution < 1.29 is 0 Å². The Labute approximate surface area is 184 Å².